The minimum Gasteiger partial charge on any atom is -0.391 e. The van der Waals surface area contributed by atoms with E-state index >= 15 is 0 Å². The maximum atomic E-state index is 12.3. The van der Waals surface area contributed by atoms with Gasteiger partial charge in [-0.05, 0) is 13.0 Å². The number of hydrogen-bond acceptors (Lipinski definition) is 5. The van der Waals surface area contributed by atoms with Crippen molar-refractivity contribution in [2.45, 2.75) is 25.3 Å². The molecule has 0 aliphatic heterocycles. The number of aliphatic hydroxyl groups is 1. The Morgan fingerprint density at radius 1 is 1.44 bits per heavy atom. The molecular weight excluding hydrogens is 274 g/mol. The molecule has 0 amide bonds. The molecular formula is C11H19NO4S2. The van der Waals surface area contributed by atoms with Crippen LogP contribution in [0.15, 0.2) is 16.3 Å². The van der Waals surface area contributed by atoms with Crippen LogP contribution in [0.5, 0.6) is 0 Å². The molecule has 1 N–H and O–H groups in total. The third-order valence-corrected chi connectivity index (χ3v) is 5.49. The van der Waals surface area contributed by atoms with Crippen molar-refractivity contribution in [2.24, 2.45) is 0 Å². The van der Waals surface area contributed by atoms with E-state index in [-0.39, 0.29) is 11.5 Å². The van der Waals surface area contributed by atoms with E-state index in [0.29, 0.717) is 31.2 Å². The van der Waals surface area contributed by atoms with Crippen molar-refractivity contribution >= 4 is 21.4 Å². The quantitative estimate of drug-likeness (QED) is 0.733. The van der Waals surface area contributed by atoms with Gasteiger partial charge >= 0.3 is 0 Å². The highest BCUT2D eigenvalue weighted by molar-refractivity contribution is 7.89. The highest BCUT2D eigenvalue weighted by Crippen LogP contribution is 2.22. The molecule has 0 saturated carbocycles. The zero-order chi connectivity index (χ0) is 13.6. The van der Waals surface area contributed by atoms with Crippen LogP contribution in [-0.4, -0.2) is 44.1 Å². The Balaban J connectivity index is 2.82. The lowest BCUT2D eigenvalue weighted by atomic mass is 10.5. The summed E-state index contributed by atoms with van der Waals surface area (Å²) < 4.78 is 31.1. The fraction of sp³-hybridized carbons (Fsp3) is 0.636. The van der Waals surface area contributed by atoms with Gasteiger partial charge in [0.25, 0.3) is 0 Å². The summed E-state index contributed by atoms with van der Waals surface area (Å²) >= 11 is 1.25. The zero-order valence-electron chi connectivity index (χ0n) is 10.6. The van der Waals surface area contributed by atoms with Gasteiger partial charge in [-0.1, -0.05) is 6.92 Å². The van der Waals surface area contributed by atoms with Gasteiger partial charge in [0.05, 0.1) is 18.1 Å². The Kier molecular flexibility index (Phi) is 6.24. The lowest BCUT2D eigenvalue weighted by Crippen LogP contribution is -2.33. The summed E-state index contributed by atoms with van der Waals surface area (Å²) in [5.41, 5.74) is 0. The van der Waals surface area contributed by atoms with Crippen LogP contribution in [0.25, 0.3) is 0 Å². The molecule has 18 heavy (non-hydrogen) atoms. The summed E-state index contributed by atoms with van der Waals surface area (Å²) in [7, 11) is -3.47. The summed E-state index contributed by atoms with van der Waals surface area (Å²) in [4.78, 5) is 0.893. The van der Waals surface area contributed by atoms with Crippen LogP contribution in [-0.2, 0) is 21.4 Å². The van der Waals surface area contributed by atoms with Gasteiger partial charge in [0, 0.05) is 30.0 Å². The maximum Gasteiger partial charge on any atom is 0.243 e. The molecule has 0 bridgehead atoms. The molecule has 7 heteroatoms. The van der Waals surface area contributed by atoms with Crippen molar-refractivity contribution in [1.29, 1.82) is 0 Å². The summed E-state index contributed by atoms with van der Waals surface area (Å²) in [5.74, 6) is 0. The normalized spacial score (nSPS) is 12.2. The average Bonchev–Trinajstić information content (AvgIpc) is 2.83. The van der Waals surface area contributed by atoms with Crippen LogP contribution in [0.3, 0.4) is 0 Å². The van der Waals surface area contributed by atoms with E-state index < -0.39 is 10.0 Å². The number of thiophene rings is 1. The largest absolute Gasteiger partial charge is 0.391 e. The number of nitrogens with zero attached hydrogens (tertiary/aromatic N) is 1. The van der Waals surface area contributed by atoms with Gasteiger partial charge in [0.2, 0.25) is 10.0 Å². The van der Waals surface area contributed by atoms with E-state index in [9.17, 15) is 8.42 Å². The predicted molar refractivity (Wildman–Crippen MR) is 71.2 cm³/mol. The second-order valence-corrected chi connectivity index (χ2v) is 6.53. The number of likely N-dealkylation sites (N-methyl/N-ethyl adjacent to an activating group) is 1. The third kappa shape index (κ3) is 3.76. The molecule has 0 spiro atoms. The summed E-state index contributed by atoms with van der Waals surface area (Å²) in [6.45, 7) is 5.24. The van der Waals surface area contributed by atoms with Gasteiger partial charge in [-0.15, -0.1) is 11.3 Å². The van der Waals surface area contributed by atoms with Gasteiger partial charge in [-0.25, -0.2) is 8.42 Å². The van der Waals surface area contributed by atoms with Crippen molar-refractivity contribution in [3.63, 3.8) is 0 Å². The van der Waals surface area contributed by atoms with Crippen molar-refractivity contribution in [1.82, 2.24) is 4.31 Å². The van der Waals surface area contributed by atoms with E-state index in [1.165, 1.54) is 21.7 Å². The van der Waals surface area contributed by atoms with E-state index in [1.807, 2.05) is 6.92 Å². The number of rotatable bonds is 8. The first-order chi connectivity index (χ1) is 8.56. The fourth-order valence-corrected chi connectivity index (χ4v) is 4.04. The van der Waals surface area contributed by atoms with Crippen LogP contribution >= 0.6 is 11.3 Å². The van der Waals surface area contributed by atoms with Gasteiger partial charge in [0.1, 0.15) is 0 Å². The second-order valence-electron chi connectivity index (χ2n) is 3.60. The zero-order valence-corrected chi connectivity index (χ0v) is 12.3. The Labute approximate surface area is 112 Å². The molecule has 0 atom stereocenters. The fourth-order valence-electron chi connectivity index (χ4n) is 1.49. The molecule has 0 aromatic carbocycles. The molecule has 0 radical (unpaired) electrons. The lowest BCUT2D eigenvalue weighted by Gasteiger charge is -2.19. The minimum absolute atomic E-state index is 0.134. The third-order valence-electron chi connectivity index (χ3n) is 2.47. The first kappa shape index (κ1) is 15.6. The molecule has 0 aliphatic carbocycles. The van der Waals surface area contributed by atoms with Crippen molar-refractivity contribution in [3.8, 4) is 0 Å². The molecule has 104 valence electrons. The number of sulfonamides is 1. The van der Waals surface area contributed by atoms with Crippen LogP contribution in [0.1, 0.15) is 18.7 Å². The number of aliphatic hydroxyl groups excluding tert-OH is 1. The monoisotopic (exact) mass is 293 g/mol. The highest BCUT2D eigenvalue weighted by atomic mass is 32.2. The van der Waals surface area contributed by atoms with Crippen molar-refractivity contribution in [2.75, 3.05) is 26.3 Å². The Hall–Kier alpha value is -0.470. The molecule has 1 aromatic heterocycles. The molecule has 0 unspecified atom stereocenters. The number of ether oxygens (including phenoxy) is 1. The standard InChI is InChI=1S/C11H19NO4S2/c1-3-12(5-6-16-4-2)18(14,15)11-7-10(8-13)17-9-11/h7,9,13H,3-6,8H2,1-2H3. The van der Waals surface area contributed by atoms with Gasteiger partial charge in [-0.3, -0.25) is 0 Å². The molecule has 1 heterocycles. The Morgan fingerprint density at radius 2 is 2.17 bits per heavy atom. The second kappa shape index (κ2) is 7.20. The van der Waals surface area contributed by atoms with Crippen molar-refractivity contribution < 1.29 is 18.3 Å². The van der Waals surface area contributed by atoms with Gasteiger partial charge < -0.3 is 9.84 Å². The summed E-state index contributed by atoms with van der Waals surface area (Å²) in [6.07, 6.45) is 0. The molecule has 0 fully saturated rings. The van der Waals surface area contributed by atoms with Crippen molar-refractivity contribution in [3.05, 3.63) is 16.3 Å². The molecule has 1 rings (SSSR count). The van der Waals surface area contributed by atoms with Gasteiger partial charge in [-0.2, -0.15) is 4.31 Å². The van der Waals surface area contributed by atoms with Crippen LogP contribution < -0.4 is 0 Å². The van der Waals surface area contributed by atoms with E-state index in [2.05, 4.69) is 0 Å². The first-order valence-electron chi connectivity index (χ1n) is 5.82. The summed E-state index contributed by atoms with van der Waals surface area (Å²) in [6, 6.07) is 1.52. The molecule has 0 aliphatic rings. The SMILES string of the molecule is CCOCCN(CC)S(=O)(=O)c1csc(CO)c1. The average molecular weight is 293 g/mol. The number of hydrogen-bond donors (Lipinski definition) is 1. The van der Waals surface area contributed by atoms with Crippen LogP contribution in [0.4, 0.5) is 0 Å². The molecule has 1 aromatic rings. The Morgan fingerprint density at radius 3 is 2.67 bits per heavy atom. The minimum atomic E-state index is -3.47. The molecule has 0 saturated heterocycles. The molecule has 5 nitrogen and oxygen atoms in total. The maximum absolute atomic E-state index is 12.3. The summed E-state index contributed by atoms with van der Waals surface area (Å²) in [5, 5.41) is 10.5. The lowest BCUT2D eigenvalue weighted by molar-refractivity contribution is 0.135. The Bertz CT molecular complexity index is 455. The first-order valence-corrected chi connectivity index (χ1v) is 8.14. The van der Waals surface area contributed by atoms with Gasteiger partial charge in [0.15, 0.2) is 0 Å². The van der Waals surface area contributed by atoms with Crippen LogP contribution in [0, 0.1) is 0 Å². The topological polar surface area (TPSA) is 66.8 Å². The predicted octanol–water partition coefficient (Wildman–Crippen LogP) is 1.29. The van der Waals surface area contributed by atoms with E-state index in [4.69, 9.17) is 9.84 Å². The highest BCUT2D eigenvalue weighted by Gasteiger charge is 2.23. The van der Waals surface area contributed by atoms with E-state index in [0.717, 1.165) is 0 Å². The van der Waals surface area contributed by atoms with Crippen LogP contribution in [0.2, 0.25) is 0 Å². The smallest absolute Gasteiger partial charge is 0.243 e. The van der Waals surface area contributed by atoms with E-state index in [1.54, 1.807) is 12.3 Å².